The van der Waals surface area contributed by atoms with E-state index < -0.39 is 0 Å². The van der Waals surface area contributed by atoms with E-state index in [0.717, 1.165) is 73.9 Å². The molecule has 2 aromatic carbocycles. The van der Waals surface area contributed by atoms with Gasteiger partial charge in [0.25, 0.3) is 0 Å². The summed E-state index contributed by atoms with van der Waals surface area (Å²) in [6.07, 6.45) is 3.21. The van der Waals surface area contributed by atoms with Gasteiger partial charge in [-0.1, -0.05) is 18.2 Å². The van der Waals surface area contributed by atoms with Crippen LogP contribution in [0.1, 0.15) is 16.9 Å². The zero-order valence-corrected chi connectivity index (χ0v) is 22.2. The molecule has 3 aromatic heterocycles. The number of ether oxygens (including phenoxy) is 1. The van der Waals surface area contributed by atoms with Crippen LogP contribution in [0.25, 0.3) is 42.8 Å². The van der Waals surface area contributed by atoms with Crippen LogP contribution in [0.3, 0.4) is 0 Å². The van der Waals surface area contributed by atoms with Gasteiger partial charge >= 0.3 is 0 Å². The molecule has 4 heterocycles. The monoisotopic (exact) mass is 532 g/mol. The highest BCUT2D eigenvalue weighted by atomic mass is 32.1. The lowest BCUT2D eigenvalue weighted by Crippen LogP contribution is -2.24. The Labute approximate surface area is 222 Å². The molecule has 8 nitrogen and oxygen atoms in total. The van der Waals surface area contributed by atoms with E-state index in [-0.39, 0.29) is 5.91 Å². The van der Waals surface area contributed by atoms with Crippen molar-refractivity contribution in [1.82, 2.24) is 25.8 Å². The third-order valence-electron chi connectivity index (χ3n) is 6.59. The maximum absolute atomic E-state index is 12.8. The zero-order chi connectivity index (χ0) is 25.2. The minimum atomic E-state index is 0.00864. The minimum absolute atomic E-state index is 0.00864. The lowest BCUT2D eigenvalue weighted by Gasteiger charge is -2.13. The highest BCUT2D eigenvalue weighted by molar-refractivity contribution is 7.23. The van der Waals surface area contributed by atoms with Crippen molar-refractivity contribution < 1.29 is 9.53 Å². The molecule has 0 fully saturated rings. The fourth-order valence-corrected chi connectivity index (χ4v) is 7.14. The molecule has 1 amide bonds. The first-order valence-electron chi connectivity index (χ1n) is 12.4. The van der Waals surface area contributed by atoms with Gasteiger partial charge < -0.3 is 20.7 Å². The number of aromatic amines is 1. The Balaban J connectivity index is 1.32. The van der Waals surface area contributed by atoms with Crippen LogP contribution in [0.5, 0.6) is 0 Å². The number of hydrogen-bond acceptors (Lipinski definition) is 8. The van der Waals surface area contributed by atoms with Crippen LogP contribution >= 0.6 is 22.7 Å². The maximum atomic E-state index is 12.8. The van der Waals surface area contributed by atoms with Crippen LogP contribution in [0, 0.1) is 0 Å². The van der Waals surface area contributed by atoms with Crippen molar-refractivity contribution in [3.05, 3.63) is 53.0 Å². The van der Waals surface area contributed by atoms with E-state index >= 15 is 0 Å². The van der Waals surface area contributed by atoms with Crippen molar-refractivity contribution in [2.75, 3.05) is 38.7 Å². The lowest BCUT2D eigenvalue weighted by molar-refractivity contribution is -0.116. The molecule has 37 heavy (non-hydrogen) atoms. The first-order valence-corrected chi connectivity index (χ1v) is 14.0. The van der Waals surface area contributed by atoms with E-state index in [1.165, 1.54) is 10.4 Å². The van der Waals surface area contributed by atoms with Crippen LogP contribution in [0.4, 0.5) is 5.00 Å². The van der Waals surface area contributed by atoms with Gasteiger partial charge in [0.05, 0.1) is 28.5 Å². The third kappa shape index (κ3) is 4.90. The van der Waals surface area contributed by atoms with Crippen molar-refractivity contribution in [3.8, 4) is 21.7 Å². The van der Waals surface area contributed by atoms with Crippen LogP contribution in [-0.4, -0.2) is 54.4 Å². The number of amides is 1. The SMILES string of the molecule is COCCNCCC(=O)Nc1sc2c(c1-c1nc3ccc(-c4cccc5[nH]ncc45)cc3s1)CCNC2. The predicted molar refractivity (Wildman–Crippen MR) is 151 cm³/mol. The van der Waals surface area contributed by atoms with Gasteiger partial charge in [0.1, 0.15) is 10.0 Å². The summed E-state index contributed by atoms with van der Waals surface area (Å²) in [5.41, 5.74) is 6.67. The summed E-state index contributed by atoms with van der Waals surface area (Å²) < 4.78 is 6.18. The number of thiazole rings is 1. The number of aromatic nitrogens is 3. The lowest BCUT2D eigenvalue weighted by atomic mass is 10.0. The zero-order valence-electron chi connectivity index (χ0n) is 20.5. The number of fused-ring (bicyclic) bond motifs is 3. The molecule has 0 atom stereocenters. The molecular formula is C27H28N6O2S2. The quantitative estimate of drug-likeness (QED) is 0.204. The van der Waals surface area contributed by atoms with Crippen LogP contribution in [-0.2, 0) is 22.5 Å². The van der Waals surface area contributed by atoms with Crippen molar-refractivity contribution in [1.29, 1.82) is 0 Å². The average molecular weight is 533 g/mol. The smallest absolute Gasteiger partial charge is 0.226 e. The second-order valence-corrected chi connectivity index (χ2v) is 11.1. The van der Waals surface area contributed by atoms with Gasteiger partial charge in [0.2, 0.25) is 5.91 Å². The Kier molecular flexibility index (Phi) is 6.99. The van der Waals surface area contributed by atoms with Gasteiger partial charge in [-0.25, -0.2) is 4.98 Å². The van der Waals surface area contributed by atoms with Crippen LogP contribution in [0.15, 0.2) is 42.6 Å². The third-order valence-corrected chi connectivity index (χ3v) is 8.77. The Morgan fingerprint density at radius 2 is 2.14 bits per heavy atom. The molecule has 5 aromatic rings. The number of thiophene rings is 1. The second-order valence-electron chi connectivity index (χ2n) is 9.01. The molecule has 4 N–H and O–H groups in total. The fraction of sp³-hybridized carbons (Fsp3) is 0.296. The van der Waals surface area contributed by atoms with Gasteiger partial charge in [-0.15, -0.1) is 22.7 Å². The number of benzene rings is 2. The number of nitrogens with one attached hydrogen (secondary N) is 4. The van der Waals surface area contributed by atoms with Crippen LogP contribution < -0.4 is 16.0 Å². The summed E-state index contributed by atoms with van der Waals surface area (Å²) in [4.78, 5) is 19.1. The molecule has 0 aliphatic carbocycles. The van der Waals surface area contributed by atoms with Crippen molar-refractivity contribution in [2.24, 2.45) is 0 Å². The largest absolute Gasteiger partial charge is 0.383 e. The summed E-state index contributed by atoms with van der Waals surface area (Å²) >= 11 is 3.35. The summed E-state index contributed by atoms with van der Waals surface area (Å²) in [5.74, 6) is 0.00864. The second kappa shape index (κ2) is 10.7. The van der Waals surface area contributed by atoms with E-state index in [1.807, 2.05) is 18.3 Å². The molecule has 1 aliphatic rings. The summed E-state index contributed by atoms with van der Waals surface area (Å²) in [5, 5.41) is 20.1. The molecule has 0 spiro atoms. The number of carbonyl (C=O) groups excluding carboxylic acids is 1. The molecule has 10 heteroatoms. The molecule has 6 rings (SSSR count). The van der Waals surface area contributed by atoms with Gasteiger partial charge in [0, 0.05) is 49.0 Å². The molecule has 1 aliphatic heterocycles. The van der Waals surface area contributed by atoms with Gasteiger partial charge in [0.15, 0.2) is 0 Å². The minimum Gasteiger partial charge on any atom is -0.383 e. The average Bonchev–Trinajstić information content (AvgIpc) is 3.64. The topological polar surface area (TPSA) is 104 Å². The Morgan fingerprint density at radius 3 is 3.05 bits per heavy atom. The standard InChI is InChI=1S/C27H28N6O2S2/c1-35-12-11-28-10-8-24(34)32-27-25(18-7-9-29-15-23(18)37-27)26-31-21-6-5-16(13-22(21)36-26)17-3-2-4-20-19(17)14-30-33-20/h2-6,13-14,28-29H,7-12,15H2,1H3,(H,30,33)(H,32,34). The fourth-order valence-electron chi connectivity index (χ4n) is 4.76. The number of methoxy groups -OCH3 is 1. The highest BCUT2D eigenvalue weighted by Crippen LogP contribution is 2.45. The van der Waals surface area contributed by atoms with Crippen molar-refractivity contribution in [2.45, 2.75) is 19.4 Å². The van der Waals surface area contributed by atoms with Crippen molar-refractivity contribution in [3.63, 3.8) is 0 Å². The van der Waals surface area contributed by atoms with Gasteiger partial charge in [-0.3, -0.25) is 9.89 Å². The van der Waals surface area contributed by atoms with E-state index in [9.17, 15) is 4.79 Å². The number of rotatable bonds is 9. The van der Waals surface area contributed by atoms with E-state index in [1.54, 1.807) is 29.8 Å². The molecule has 0 bridgehead atoms. The molecule has 0 radical (unpaired) electrons. The van der Waals surface area contributed by atoms with E-state index in [0.29, 0.717) is 19.6 Å². The highest BCUT2D eigenvalue weighted by Gasteiger charge is 2.25. The first-order chi connectivity index (χ1) is 18.2. The summed E-state index contributed by atoms with van der Waals surface area (Å²) in [7, 11) is 1.67. The molecule has 0 saturated carbocycles. The van der Waals surface area contributed by atoms with Crippen molar-refractivity contribution >= 4 is 54.7 Å². The summed E-state index contributed by atoms with van der Waals surface area (Å²) in [6.45, 7) is 3.73. The molecule has 190 valence electrons. The normalized spacial score (nSPS) is 13.3. The predicted octanol–water partition coefficient (Wildman–Crippen LogP) is 4.78. The number of hydrogen-bond donors (Lipinski definition) is 4. The van der Waals surface area contributed by atoms with E-state index in [4.69, 9.17) is 9.72 Å². The molecule has 0 saturated heterocycles. The van der Waals surface area contributed by atoms with Gasteiger partial charge in [-0.05, 0) is 47.9 Å². The summed E-state index contributed by atoms with van der Waals surface area (Å²) in [6, 6.07) is 12.6. The number of nitrogens with zero attached hydrogens (tertiary/aromatic N) is 2. The first kappa shape index (κ1) is 24.2. The Morgan fingerprint density at radius 1 is 1.19 bits per heavy atom. The number of H-pyrrole nitrogens is 1. The Bertz CT molecular complexity index is 1570. The Hall–Kier alpha value is -3.15. The molecule has 0 unspecified atom stereocenters. The number of anilines is 1. The van der Waals surface area contributed by atoms with Gasteiger partial charge in [-0.2, -0.15) is 5.10 Å². The molecular weight excluding hydrogens is 504 g/mol. The maximum Gasteiger partial charge on any atom is 0.226 e. The van der Waals surface area contributed by atoms with E-state index in [2.05, 4.69) is 50.4 Å². The van der Waals surface area contributed by atoms with Crippen LogP contribution in [0.2, 0.25) is 0 Å². The number of carbonyl (C=O) groups is 1.